The fourth-order valence-corrected chi connectivity index (χ4v) is 4.54. The molecule has 0 unspecified atom stereocenters. The summed E-state index contributed by atoms with van der Waals surface area (Å²) in [6.45, 7) is 1.89. The molecule has 2 amide bonds. The van der Waals surface area contributed by atoms with E-state index in [-0.39, 0.29) is 17.7 Å². The summed E-state index contributed by atoms with van der Waals surface area (Å²) in [4.78, 5) is 27.0. The number of nitrogens with one attached hydrogen (secondary N) is 1. The van der Waals surface area contributed by atoms with Crippen LogP contribution in [0.1, 0.15) is 77.0 Å². The number of rotatable bonds is 3. The summed E-state index contributed by atoms with van der Waals surface area (Å²) in [5, 5.41) is 3.29. The minimum Gasteiger partial charge on any atom is -0.353 e. The van der Waals surface area contributed by atoms with E-state index < -0.39 is 0 Å². The zero-order chi connectivity index (χ0) is 16.1. The first-order chi connectivity index (χ1) is 11.2. The third-order valence-corrected chi connectivity index (χ3v) is 6.07. The van der Waals surface area contributed by atoms with Gasteiger partial charge in [-0.3, -0.25) is 9.59 Å². The van der Waals surface area contributed by atoms with Crippen molar-refractivity contribution < 1.29 is 9.59 Å². The SMILES string of the molecule is O=C(NC1CCCCCC1)C1CCC(C(=O)N2CCCC2)CC1. The third kappa shape index (κ3) is 4.48. The van der Waals surface area contributed by atoms with Crippen molar-refractivity contribution in [2.45, 2.75) is 83.1 Å². The molecule has 0 spiro atoms. The van der Waals surface area contributed by atoms with Gasteiger partial charge in [0.05, 0.1) is 0 Å². The first kappa shape index (κ1) is 16.8. The molecule has 0 bridgehead atoms. The van der Waals surface area contributed by atoms with Crippen LogP contribution < -0.4 is 5.32 Å². The van der Waals surface area contributed by atoms with Crippen molar-refractivity contribution in [1.82, 2.24) is 10.2 Å². The van der Waals surface area contributed by atoms with E-state index in [9.17, 15) is 9.59 Å². The Balaban J connectivity index is 1.42. The van der Waals surface area contributed by atoms with Crippen LogP contribution in [0, 0.1) is 11.8 Å². The average Bonchev–Trinajstić information content (AvgIpc) is 3.00. The van der Waals surface area contributed by atoms with Crippen LogP contribution in [0.25, 0.3) is 0 Å². The summed E-state index contributed by atoms with van der Waals surface area (Å²) in [5.41, 5.74) is 0. The lowest BCUT2D eigenvalue weighted by atomic mass is 9.80. The van der Waals surface area contributed by atoms with Gasteiger partial charge < -0.3 is 10.2 Å². The van der Waals surface area contributed by atoms with Crippen LogP contribution >= 0.6 is 0 Å². The Morgan fingerprint density at radius 1 is 0.696 bits per heavy atom. The molecule has 3 rings (SSSR count). The highest BCUT2D eigenvalue weighted by molar-refractivity contribution is 5.81. The first-order valence-corrected chi connectivity index (χ1v) is 9.83. The smallest absolute Gasteiger partial charge is 0.225 e. The van der Waals surface area contributed by atoms with E-state index >= 15 is 0 Å². The molecule has 0 radical (unpaired) electrons. The Hall–Kier alpha value is -1.06. The largest absolute Gasteiger partial charge is 0.353 e. The predicted octanol–water partition coefficient (Wildman–Crippen LogP) is 3.25. The van der Waals surface area contributed by atoms with E-state index in [0.29, 0.717) is 11.9 Å². The van der Waals surface area contributed by atoms with Gasteiger partial charge in [0.2, 0.25) is 11.8 Å². The van der Waals surface area contributed by atoms with Crippen LogP contribution in [0.3, 0.4) is 0 Å². The topological polar surface area (TPSA) is 49.4 Å². The molecule has 4 nitrogen and oxygen atoms in total. The Labute approximate surface area is 140 Å². The van der Waals surface area contributed by atoms with Crippen molar-refractivity contribution in [3.05, 3.63) is 0 Å². The second kappa shape index (κ2) is 8.16. The highest BCUT2D eigenvalue weighted by Crippen LogP contribution is 2.31. The molecule has 2 saturated carbocycles. The van der Waals surface area contributed by atoms with Gasteiger partial charge in [0, 0.05) is 31.0 Å². The standard InChI is InChI=1S/C19H32N2O2/c22-18(20-17-7-3-1-2-4-8-17)15-9-11-16(12-10-15)19(23)21-13-5-6-14-21/h15-17H,1-14H2,(H,20,22). The van der Waals surface area contributed by atoms with Crippen molar-refractivity contribution in [2.24, 2.45) is 11.8 Å². The number of amides is 2. The van der Waals surface area contributed by atoms with E-state index in [1.54, 1.807) is 0 Å². The lowest BCUT2D eigenvalue weighted by Crippen LogP contribution is -2.41. The number of hydrogen-bond acceptors (Lipinski definition) is 2. The number of nitrogens with zero attached hydrogens (tertiary/aromatic N) is 1. The summed E-state index contributed by atoms with van der Waals surface area (Å²) in [6, 6.07) is 0.397. The van der Waals surface area contributed by atoms with Gasteiger partial charge in [0.1, 0.15) is 0 Å². The van der Waals surface area contributed by atoms with Gasteiger partial charge in [0.15, 0.2) is 0 Å². The van der Waals surface area contributed by atoms with Gasteiger partial charge in [-0.25, -0.2) is 0 Å². The lowest BCUT2D eigenvalue weighted by Gasteiger charge is -2.30. The summed E-state index contributed by atoms with van der Waals surface area (Å²) in [7, 11) is 0. The van der Waals surface area contributed by atoms with Gasteiger partial charge in [-0.15, -0.1) is 0 Å². The number of hydrogen-bond donors (Lipinski definition) is 1. The Morgan fingerprint density at radius 2 is 1.26 bits per heavy atom. The molecular weight excluding hydrogens is 288 g/mol. The molecule has 3 fully saturated rings. The Kier molecular flexibility index (Phi) is 5.96. The summed E-state index contributed by atoms with van der Waals surface area (Å²) in [5.74, 6) is 0.921. The first-order valence-electron chi connectivity index (χ1n) is 9.83. The van der Waals surface area contributed by atoms with Gasteiger partial charge in [-0.05, 0) is 51.4 Å². The van der Waals surface area contributed by atoms with Crippen molar-refractivity contribution in [3.8, 4) is 0 Å². The third-order valence-electron chi connectivity index (χ3n) is 6.07. The number of likely N-dealkylation sites (tertiary alicyclic amines) is 1. The van der Waals surface area contributed by atoms with Crippen molar-refractivity contribution in [3.63, 3.8) is 0 Å². The second-order valence-electron chi connectivity index (χ2n) is 7.78. The molecule has 1 heterocycles. The summed E-state index contributed by atoms with van der Waals surface area (Å²) < 4.78 is 0. The maximum Gasteiger partial charge on any atom is 0.225 e. The van der Waals surface area contributed by atoms with Crippen molar-refractivity contribution in [1.29, 1.82) is 0 Å². The average molecular weight is 320 g/mol. The van der Waals surface area contributed by atoms with Gasteiger partial charge in [0.25, 0.3) is 0 Å². The maximum atomic E-state index is 12.5. The van der Waals surface area contributed by atoms with Crippen LogP contribution in [0.2, 0.25) is 0 Å². The summed E-state index contributed by atoms with van der Waals surface area (Å²) in [6.07, 6.45) is 13.3. The second-order valence-corrected chi connectivity index (χ2v) is 7.78. The van der Waals surface area contributed by atoms with Crippen LogP contribution in [-0.2, 0) is 9.59 Å². The highest BCUT2D eigenvalue weighted by Gasteiger charge is 2.33. The van der Waals surface area contributed by atoms with Crippen molar-refractivity contribution >= 4 is 11.8 Å². The fraction of sp³-hybridized carbons (Fsp3) is 0.895. The number of carbonyl (C=O) groups is 2. The normalized spacial score (nSPS) is 30.0. The Bertz CT molecular complexity index is 402. The molecule has 0 aromatic carbocycles. The van der Waals surface area contributed by atoms with Gasteiger partial charge in [-0.2, -0.15) is 0 Å². The lowest BCUT2D eigenvalue weighted by molar-refractivity contribution is -0.137. The zero-order valence-corrected chi connectivity index (χ0v) is 14.4. The minimum atomic E-state index is 0.140. The molecule has 1 aliphatic heterocycles. The van der Waals surface area contributed by atoms with E-state index in [1.807, 2.05) is 4.90 Å². The molecule has 2 aliphatic carbocycles. The molecule has 0 aromatic rings. The van der Waals surface area contributed by atoms with Crippen molar-refractivity contribution in [2.75, 3.05) is 13.1 Å². The van der Waals surface area contributed by atoms with E-state index in [4.69, 9.17) is 0 Å². The minimum absolute atomic E-state index is 0.140. The molecule has 1 N–H and O–H groups in total. The van der Waals surface area contributed by atoms with Crippen LogP contribution in [0.4, 0.5) is 0 Å². The molecule has 23 heavy (non-hydrogen) atoms. The van der Waals surface area contributed by atoms with Crippen LogP contribution in [0.5, 0.6) is 0 Å². The van der Waals surface area contributed by atoms with E-state index in [2.05, 4.69) is 5.32 Å². The molecule has 4 heteroatoms. The number of carbonyl (C=O) groups excluding carboxylic acids is 2. The van der Waals surface area contributed by atoms with E-state index in [1.165, 1.54) is 25.7 Å². The van der Waals surface area contributed by atoms with Crippen LogP contribution in [0.15, 0.2) is 0 Å². The quantitative estimate of drug-likeness (QED) is 0.812. The highest BCUT2D eigenvalue weighted by atomic mass is 16.2. The molecule has 3 aliphatic rings. The predicted molar refractivity (Wildman–Crippen MR) is 90.9 cm³/mol. The zero-order valence-electron chi connectivity index (χ0n) is 14.4. The molecule has 130 valence electrons. The molecule has 0 aromatic heterocycles. The summed E-state index contributed by atoms with van der Waals surface area (Å²) >= 11 is 0. The monoisotopic (exact) mass is 320 g/mol. The van der Waals surface area contributed by atoms with Crippen LogP contribution in [-0.4, -0.2) is 35.8 Å². The fourth-order valence-electron chi connectivity index (χ4n) is 4.54. The van der Waals surface area contributed by atoms with Gasteiger partial charge in [-0.1, -0.05) is 25.7 Å². The molecule has 0 atom stereocenters. The Morgan fingerprint density at radius 3 is 1.87 bits per heavy atom. The molecular formula is C19H32N2O2. The van der Waals surface area contributed by atoms with Gasteiger partial charge >= 0.3 is 0 Å². The molecule has 1 saturated heterocycles. The maximum absolute atomic E-state index is 12.5. The van der Waals surface area contributed by atoms with E-state index in [0.717, 1.165) is 64.5 Å².